The fraction of sp³-hybridized carbons (Fsp3) is 0.588. The molecule has 0 bridgehead atoms. The van der Waals surface area contributed by atoms with Crippen molar-refractivity contribution in [3.8, 4) is 5.75 Å². The van der Waals surface area contributed by atoms with E-state index in [1.807, 2.05) is 0 Å². The zero-order chi connectivity index (χ0) is 18.4. The van der Waals surface area contributed by atoms with Gasteiger partial charge in [0.1, 0.15) is 11.6 Å². The van der Waals surface area contributed by atoms with Crippen molar-refractivity contribution < 1.29 is 22.3 Å². The Labute approximate surface area is 148 Å². The number of rotatable bonds is 7. The van der Waals surface area contributed by atoms with Gasteiger partial charge in [0, 0.05) is 39.0 Å². The summed E-state index contributed by atoms with van der Waals surface area (Å²) in [5.74, 6) is 0.484. The van der Waals surface area contributed by atoms with Crippen LogP contribution < -0.4 is 4.74 Å². The van der Waals surface area contributed by atoms with E-state index in [4.69, 9.17) is 4.74 Å². The van der Waals surface area contributed by atoms with Gasteiger partial charge in [-0.3, -0.25) is 4.79 Å². The van der Waals surface area contributed by atoms with Gasteiger partial charge in [0.25, 0.3) is 0 Å². The molecule has 1 heterocycles. The van der Waals surface area contributed by atoms with E-state index in [0.717, 1.165) is 19.1 Å². The molecular formula is C17H25FN2O4S. The van der Waals surface area contributed by atoms with Crippen LogP contribution in [-0.2, 0) is 14.8 Å². The average Bonchev–Trinajstić information content (AvgIpc) is 2.58. The van der Waals surface area contributed by atoms with E-state index in [2.05, 4.69) is 0 Å². The molecule has 0 saturated carbocycles. The van der Waals surface area contributed by atoms with Gasteiger partial charge in [0.05, 0.1) is 12.9 Å². The van der Waals surface area contributed by atoms with Crippen LogP contribution in [0, 0.1) is 11.7 Å². The summed E-state index contributed by atoms with van der Waals surface area (Å²) >= 11 is 0. The molecule has 1 aromatic rings. The third kappa shape index (κ3) is 6.28. The molecular weight excluding hydrogens is 347 g/mol. The lowest BCUT2D eigenvalue weighted by molar-refractivity contribution is -0.133. The molecule has 0 aromatic heterocycles. The Balaban J connectivity index is 1.79. The van der Waals surface area contributed by atoms with Crippen molar-refractivity contribution in [3.63, 3.8) is 0 Å². The summed E-state index contributed by atoms with van der Waals surface area (Å²) in [7, 11) is -1.80. The first kappa shape index (κ1) is 19.7. The predicted molar refractivity (Wildman–Crippen MR) is 93.3 cm³/mol. The Kier molecular flexibility index (Phi) is 6.78. The standard InChI is InChI=1S/C17H25FN2O4S/c1-19(25(2,22)23)11-9-17(21)20-10-3-4-14(12-20)13-24-16-7-5-15(18)6-8-16/h5-8,14H,3-4,9-13H2,1-2H3/t14-/m1/s1. The van der Waals surface area contributed by atoms with Crippen molar-refractivity contribution in [1.29, 1.82) is 0 Å². The number of piperidine rings is 1. The second-order valence-corrected chi connectivity index (χ2v) is 8.54. The molecule has 0 aliphatic carbocycles. The second-order valence-electron chi connectivity index (χ2n) is 6.45. The van der Waals surface area contributed by atoms with E-state index in [-0.39, 0.29) is 30.6 Å². The number of halogens is 1. The molecule has 25 heavy (non-hydrogen) atoms. The molecule has 1 aromatic carbocycles. The lowest BCUT2D eigenvalue weighted by Gasteiger charge is -2.33. The highest BCUT2D eigenvalue weighted by molar-refractivity contribution is 7.88. The molecule has 2 rings (SSSR count). The van der Waals surface area contributed by atoms with Crippen LogP contribution in [0.5, 0.6) is 5.75 Å². The molecule has 8 heteroatoms. The minimum absolute atomic E-state index is 0.0398. The van der Waals surface area contributed by atoms with E-state index < -0.39 is 10.0 Å². The molecule has 140 valence electrons. The molecule has 1 aliphatic heterocycles. The number of nitrogens with zero attached hydrogens (tertiary/aromatic N) is 2. The van der Waals surface area contributed by atoms with Crippen LogP contribution in [-0.4, -0.2) is 63.1 Å². The Morgan fingerprint density at radius 3 is 2.68 bits per heavy atom. The Morgan fingerprint density at radius 1 is 1.36 bits per heavy atom. The van der Waals surface area contributed by atoms with Crippen LogP contribution >= 0.6 is 0 Å². The molecule has 6 nitrogen and oxygen atoms in total. The van der Waals surface area contributed by atoms with Crippen LogP contribution in [0.15, 0.2) is 24.3 Å². The summed E-state index contributed by atoms with van der Waals surface area (Å²) in [6, 6.07) is 5.87. The minimum atomic E-state index is -3.27. The number of carbonyl (C=O) groups is 1. The molecule has 1 atom stereocenters. The number of sulfonamides is 1. The number of ether oxygens (including phenoxy) is 1. The normalized spacial score (nSPS) is 18.4. The molecule has 1 amide bonds. The van der Waals surface area contributed by atoms with Crippen LogP contribution in [0.25, 0.3) is 0 Å². The summed E-state index contributed by atoms with van der Waals surface area (Å²) in [5.41, 5.74) is 0. The molecule has 1 saturated heterocycles. The van der Waals surface area contributed by atoms with E-state index in [0.29, 0.717) is 25.4 Å². The molecule has 1 fully saturated rings. The van der Waals surface area contributed by atoms with Crippen molar-refractivity contribution >= 4 is 15.9 Å². The highest BCUT2D eigenvalue weighted by atomic mass is 32.2. The zero-order valence-electron chi connectivity index (χ0n) is 14.7. The van der Waals surface area contributed by atoms with Gasteiger partial charge in [-0.15, -0.1) is 0 Å². The molecule has 0 N–H and O–H groups in total. The first-order chi connectivity index (χ1) is 11.8. The van der Waals surface area contributed by atoms with Gasteiger partial charge >= 0.3 is 0 Å². The number of benzene rings is 1. The minimum Gasteiger partial charge on any atom is -0.493 e. The van der Waals surface area contributed by atoms with Gasteiger partial charge in [-0.2, -0.15) is 0 Å². The Morgan fingerprint density at radius 2 is 2.04 bits per heavy atom. The average molecular weight is 372 g/mol. The highest BCUT2D eigenvalue weighted by Crippen LogP contribution is 2.20. The fourth-order valence-electron chi connectivity index (χ4n) is 2.75. The number of likely N-dealkylation sites (tertiary alicyclic amines) is 1. The number of hydrogen-bond donors (Lipinski definition) is 0. The first-order valence-electron chi connectivity index (χ1n) is 8.33. The summed E-state index contributed by atoms with van der Waals surface area (Å²) in [5, 5.41) is 0. The van der Waals surface area contributed by atoms with E-state index in [9.17, 15) is 17.6 Å². The Hall–Kier alpha value is -1.67. The van der Waals surface area contributed by atoms with Crippen molar-refractivity contribution in [2.75, 3.05) is 39.5 Å². The summed E-state index contributed by atoms with van der Waals surface area (Å²) in [6.07, 6.45) is 3.16. The summed E-state index contributed by atoms with van der Waals surface area (Å²) in [6.45, 7) is 1.95. The van der Waals surface area contributed by atoms with Gasteiger partial charge in [0.15, 0.2) is 0 Å². The van der Waals surface area contributed by atoms with Crippen LogP contribution in [0.4, 0.5) is 4.39 Å². The predicted octanol–water partition coefficient (Wildman–Crippen LogP) is 1.72. The zero-order valence-corrected chi connectivity index (χ0v) is 15.5. The highest BCUT2D eigenvalue weighted by Gasteiger charge is 2.24. The maximum Gasteiger partial charge on any atom is 0.223 e. The van der Waals surface area contributed by atoms with Gasteiger partial charge in [0.2, 0.25) is 15.9 Å². The molecule has 0 spiro atoms. The topological polar surface area (TPSA) is 66.9 Å². The van der Waals surface area contributed by atoms with Gasteiger partial charge in [-0.25, -0.2) is 17.1 Å². The first-order valence-corrected chi connectivity index (χ1v) is 10.2. The fourth-order valence-corrected chi connectivity index (χ4v) is 3.17. The third-order valence-corrected chi connectivity index (χ3v) is 5.69. The summed E-state index contributed by atoms with van der Waals surface area (Å²) < 4.78 is 42.5. The van der Waals surface area contributed by atoms with E-state index in [1.54, 1.807) is 17.0 Å². The lowest BCUT2D eigenvalue weighted by atomic mass is 9.98. The second kappa shape index (κ2) is 8.62. The maximum absolute atomic E-state index is 12.9. The molecule has 0 radical (unpaired) electrons. The molecule has 0 unspecified atom stereocenters. The van der Waals surface area contributed by atoms with E-state index >= 15 is 0 Å². The maximum atomic E-state index is 12.9. The SMILES string of the molecule is CN(CCC(=O)N1CCC[C@@H](COc2ccc(F)cc2)C1)S(C)(=O)=O. The smallest absolute Gasteiger partial charge is 0.223 e. The largest absolute Gasteiger partial charge is 0.493 e. The van der Waals surface area contributed by atoms with Crippen LogP contribution in [0.3, 0.4) is 0 Å². The monoisotopic (exact) mass is 372 g/mol. The Bertz CT molecular complexity index is 678. The van der Waals surface area contributed by atoms with Crippen molar-refractivity contribution in [2.45, 2.75) is 19.3 Å². The van der Waals surface area contributed by atoms with Crippen LogP contribution in [0.1, 0.15) is 19.3 Å². The number of amides is 1. The summed E-state index contributed by atoms with van der Waals surface area (Å²) in [4.78, 5) is 14.1. The third-order valence-electron chi connectivity index (χ3n) is 4.38. The van der Waals surface area contributed by atoms with E-state index in [1.165, 1.54) is 23.5 Å². The van der Waals surface area contributed by atoms with Gasteiger partial charge in [-0.1, -0.05) is 0 Å². The van der Waals surface area contributed by atoms with Gasteiger partial charge < -0.3 is 9.64 Å². The quantitative estimate of drug-likeness (QED) is 0.731. The van der Waals surface area contributed by atoms with Crippen molar-refractivity contribution in [3.05, 3.63) is 30.1 Å². The number of carbonyl (C=O) groups excluding carboxylic acids is 1. The van der Waals surface area contributed by atoms with Crippen molar-refractivity contribution in [2.24, 2.45) is 5.92 Å². The number of hydrogen-bond acceptors (Lipinski definition) is 4. The van der Waals surface area contributed by atoms with Crippen LogP contribution in [0.2, 0.25) is 0 Å². The lowest BCUT2D eigenvalue weighted by Crippen LogP contribution is -2.42. The van der Waals surface area contributed by atoms with Crippen molar-refractivity contribution in [1.82, 2.24) is 9.21 Å². The van der Waals surface area contributed by atoms with Gasteiger partial charge in [-0.05, 0) is 37.1 Å². The molecule has 1 aliphatic rings.